The van der Waals surface area contributed by atoms with Crippen molar-refractivity contribution in [1.29, 1.82) is 0 Å². The van der Waals surface area contributed by atoms with E-state index < -0.39 is 0 Å². The van der Waals surface area contributed by atoms with Gasteiger partial charge in [-0.25, -0.2) is 9.48 Å². The Morgan fingerprint density at radius 2 is 1.69 bits per heavy atom. The number of carbonyl (C=O) groups excluding carboxylic acids is 2. The molecular weight excluding hydrogens is 546 g/mol. The van der Waals surface area contributed by atoms with Crippen molar-refractivity contribution in [3.05, 3.63) is 87.7 Å². The minimum Gasteiger partial charge on any atom is -0.495 e. The molecule has 1 aliphatic rings. The average molecular weight is 586 g/mol. The second-order valence-corrected chi connectivity index (χ2v) is 12.7. The molecule has 1 aliphatic heterocycles. The number of aryl methyl sites for hydroxylation is 1. The maximum Gasteiger partial charge on any atom is 0.324 e. The third-order valence-corrected chi connectivity index (χ3v) is 8.43. The van der Waals surface area contributed by atoms with Crippen LogP contribution in [0.25, 0.3) is 5.69 Å². The highest BCUT2D eigenvalue weighted by atomic mass is 32.1. The highest BCUT2D eigenvalue weighted by Gasteiger charge is 2.26. The van der Waals surface area contributed by atoms with Gasteiger partial charge >= 0.3 is 6.03 Å². The number of methoxy groups -OCH3 is 1. The van der Waals surface area contributed by atoms with Crippen LogP contribution in [0.4, 0.5) is 16.3 Å². The SMILES string of the molecule is COc1cscc1C(=O)N1CCC(Cc2ccc(NC(=O)Nc3cc(C(C)(C)C)nn3-c3ccc(C)cc3)cc2)CC1. The molecule has 42 heavy (non-hydrogen) atoms. The minimum absolute atomic E-state index is 0.0526. The van der Waals surface area contributed by atoms with Crippen molar-refractivity contribution in [3.63, 3.8) is 0 Å². The number of rotatable bonds is 7. The Kier molecular flexibility index (Phi) is 8.68. The number of anilines is 2. The smallest absolute Gasteiger partial charge is 0.324 e. The number of nitrogens with zero attached hydrogens (tertiary/aromatic N) is 3. The molecule has 4 aromatic rings. The Bertz CT molecular complexity index is 1530. The van der Waals surface area contributed by atoms with Crippen LogP contribution >= 0.6 is 11.3 Å². The Hall–Kier alpha value is -4.11. The third-order valence-electron chi connectivity index (χ3n) is 7.71. The van der Waals surface area contributed by atoms with Gasteiger partial charge in [-0.05, 0) is 61.9 Å². The molecule has 3 amide bonds. The second kappa shape index (κ2) is 12.4. The number of nitrogens with one attached hydrogen (secondary N) is 2. The summed E-state index contributed by atoms with van der Waals surface area (Å²) < 4.78 is 7.11. The van der Waals surface area contributed by atoms with Gasteiger partial charge in [-0.1, -0.05) is 50.6 Å². The normalized spacial score (nSPS) is 14.1. The summed E-state index contributed by atoms with van der Waals surface area (Å²) in [6.07, 6.45) is 2.87. The molecule has 0 unspecified atom stereocenters. The molecule has 1 saturated heterocycles. The molecule has 9 heteroatoms. The van der Waals surface area contributed by atoms with Crippen molar-refractivity contribution in [2.45, 2.75) is 52.4 Å². The zero-order valence-corrected chi connectivity index (χ0v) is 25.8. The highest BCUT2D eigenvalue weighted by molar-refractivity contribution is 7.08. The first-order valence-corrected chi connectivity index (χ1v) is 15.3. The van der Waals surface area contributed by atoms with E-state index in [0.29, 0.717) is 23.0 Å². The van der Waals surface area contributed by atoms with Crippen LogP contribution < -0.4 is 15.4 Å². The van der Waals surface area contributed by atoms with Gasteiger partial charge in [-0.3, -0.25) is 10.1 Å². The Labute approximate surface area is 251 Å². The van der Waals surface area contributed by atoms with Gasteiger partial charge in [0, 0.05) is 41.0 Å². The van der Waals surface area contributed by atoms with Gasteiger partial charge in [0.1, 0.15) is 11.6 Å². The Morgan fingerprint density at radius 1 is 1.00 bits per heavy atom. The number of hydrogen-bond donors (Lipinski definition) is 2. The molecule has 0 radical (unpaired) electrons. The first kappa shape index (κ1) is 29.4. The summed E-state index contributed by atoms with van der Waals surface area (Å²) in [5.41, 5.74) is 5.37. The summed E-state index contributed by atoms with van der Waals surface area (Å²) in [5, 5.41) is 14.5. The number of thiophene rings is 1. The number of hydrogen-bond acceptors (Lipinski definition) is 5. The fourth-order valence-electron chi connectivity index (χ4n) is 5.17. The molecule has 2 aromatic heterocycles. The second-order valence-electron chi connectivity index (χ2n) is 12.0. The van der Waals surface area contributed by atoms with Gasteiger partial charge in [0.25, 0.3) is 5.91 Å². The molecule has 0 bridgehead atoms. The maximum absolute atomic E-state index is 13.0. The topological polar surface area (TPSA) is 88.5 Å². The predicted octanol–water partition coefficient (Wildman–Crippen LogP) is 7.29. The fourth-order valence-corrected chi connectivity index (χ4v) is 5.93. The van der Waals surface area contributed by atoms with E-state index in [9.17, 15) is 9.59 Å². The summed E-state index contributed by atoms with van der Waals surface area (Å²) in [4.78, 5) is 27.8. The monoisotopic (exact) mass is 585 g/mol. The van der Waals surface area contributed by atoms with Crippen molar-refractivity contribution in [2.24, 2.45) is 5.92 Å². The molecule has 220 valence electrons. The van der Waals surface area contributed by atoms with Crippen molar-refractivity contribution >= 4 is 34.8 Å². The molecule has 8 nitrogen and oxygen atoms in total. The van der Waals surface area contributed by atoms with Crippen molar-refractivity contribution in [3.8, 4) is 11.4 Å². The lowest BCUT2D eigenvalue weighted by atomic mass is 9.90. The Balaban J connectivity index is 1.16. The van der Waals surface area contributed by atoms with E-state index in [1.165, 1.54) is 16.9 Å². The summed E-state index contributed by atoms with van der Waals surface area (Å²) in [6, 6.07) is 17.7. The molecule has 2 N–H and O–H groups in total. The maximum atomic E-state index is 13.0. The number of urea groups is 1. The molecule has 1 fully saturated rings. The zero-order chi connectivity index (χ0) is 29.9. The number of carbonyl (C=O) groups is 2. The predicted molar refractivity (Wildman–Crippen MR) is 169 cm³/mol. The lowest BCUT2D eigenvalue weighted by Crippen LogP contribution is -2.38. The summed E-state index contributed by atoms with van der Waals surface area (Å²) in [6.45, 7) is 9.85. The van der Waals surface area contributed by atoms with Gasteiger partial charge < -0.3 is 15.0 Å². The number of amides is 3. The Morgan fingerprint density at radius 3 is 2.33 bits per heavy atom. The van der Waals surface area contributed by atoms with Crippen LogP contribution in [0.15, 0.2) is 65.4 Å². The standard InChI is InChI=1S/C33H39N5O3S/c1-22-6-12-26(13-7-22)38-30(19-29(36-38)33(2,3)4)35-32(40)34-25-10-8-23(9-11-25)18-24-14-16-37(17-15-24)31(39)27-20-42-21-28(27)41-5/h6-13,19-21,24H,14-18H2,1-5H3,(H2,34,35,40). The largest absolute Gasteiger partial charge is 0.495 e. The zero-order valence-electron chi connectivity index (χ0n) is 24.9. The first-order valence-electron chi connectivity index (χ1n) is 14.3. The molecule has 0 saturated carbocycles. The van der Waals surface area contributed by atoms with Crippen LogP contribution in [-0.2, 0) is 11.8 Å². The summed E-state index contributed by atoms with van der Waals surface area (Å²) >= 11 is 1.49. The van der Waals surface area contributed by atoms with Crippen LogP contribution in [0.2, 0.25) is 0 Å². The van der Waals surface area contributed by atoms with Gasteiger partial charge in [-0.15, -0.1) is 11.3 Å². The van der Waals surface area contributed by atoms with Crippen molar-refractivity contribution < 1.29 is 14.3 Å². The highest BCUT2D eigenvalue weighted by Crippen LogP contribution is 2.29. The van der Waals surface area contributed by atoms with Crippen LogP contribution in [0, 0.1) is 12.8 Å². The van der Waals surface area contributed by atoms with Crippen LogP contribution in [0.5, 0.6) is 5.75 Å². The van der Waals surface area contributed by atoms with E-state index in [2.05, 4.69) is 43.5 Å². The fraction of sp³-hybridized carbons (Fsp3) is 0.364. The van der Waals surface area contributed by atoms with Crippen molar-refractivity contribution in [2.75, 3.05) is 30.8 Å². The minimum atomic E-state index is -0.323. The third kappa shape index (κ3) is 6.85. The van der Waals surface area contributed by atoms with E-state index in [0.717, 1.165) is 55.0 Å². The van der Waals surface area contributed by atoms with E-state index in [4.69, 9.17) is 9.84 Å². The van der Waals surface area contributed by atoms with Gasteiger partial charge in [0.05, 0.1) is 24.1 Å². The number of aromatic nitrogens is 2. The molecule has 0 atom stereocenters. The lowest BCUT2D eigenvalue weighted by molar-refractivity contribution is 0.0688. The van der Waals surface area contributed by atoms with Gasteiger partial charge in [0.2, 0.25) is 0 Å². The van der Waals surface area contributed by atoms with Gasteiger partial charge in [-0.2, -0.15) is 5.10 Å². The van der Waals surface area contributed by atoms with E-state index >= 15 is 0 Å². The molecule has 5 rings (SSSR count). The summed E-state index contributed by atoms with van der Waals surface area (Å²) in [5.74, 6) is 1.83. The number of benzene rings is 2. The quantitative estimate of drug-likeness (QED) is 0.238. The average Bonchev–Trinajstić information content (AvgIpc) is 3.62. The first-order chi connectivity index (χ1) is 20.1. The van der Waals surface area contributed by atoms with E-state index in [-0.39, 0.29) is 17.4 Å². The van der Waals surface area contributed by atoms with Crippen LogP contribution in [-0.4, -0.2) is 46.8 Å². The van der Waals surface area contributed by atoms with Crippen LogP contribution in [0.3, 0.4) is 0 Å². The van der Waals surface area contributed by atoms with Crippen LogP contribution in [0.1, 0.15) is 60.8 Å². The molecule has 3 heterocycles. The number of ether oxygens (including phenoxy) is 1. The van der Waals surface area contributed by atoms with Crippen molar-refractivity contribution in [1.82, 2.24) is 14.7 Å². The van der Waals surface area contributed by atoms with E-state index in [1.807, 2.05) is 65.0 Å². The number of piperidine rings is 1. The molecule has 2 aromatic carbocycles. The molecule has 0 spiro atoms. The number of likely N-dealkylation sites (tertiary alicyclic amines) is 1. The molecular formula is C33H39N5O3S. The van der Waals surface area contributed by atoms with Gasteiger partial charge in [0.15, 0.2) is 0 Å². The lowest BCUT2D eigenvalue weighted by Gasteiger charge is -2.32. The summed E-state index contributed by atoms with van der Waals surface area (Å²) in [7, 11) is 1.60. The molecule has 0 aliphatic carbocycles. The van der Waals surface area contributed by atoms with E-state index in [1.54, 1.807) is 11.8 Å².